The molecule has 6 heteroatoms. The molecule has 0 saturated heterocycles. The Hall–Kier alpha value is -1.52. The first kappa shape index (κ1) is 16.5. The Balaban J connectivity index is 2.95. The van der Waals surface area contributed by atoms with E-state index in [9.17, 15) is 4.79 Å². The van der Waals surface area contributed by atoms with Gasteiger partial charge in [-0.2, -0.15) is 0 Å². The highest BCUT2D eigenvalue weighted by Crippen LogP contribution is 2.26. The standard InChI is InChI=1S/C14H24N4O2/c1-5-11(6-2)20-13-8-9(3)7-12(17-18-15)14(13)16-10(4)19/h7,11-14H,5-6,8H2,1-4H3,(H,16,19)/t12-,13+,14+/m0/s1. The first-order valence-electron chi connectivity index (χ1n) is 7.15. The first-order valence-corrected chi connectivity index (χ1v) is 7.15. The smallest absolute Gasteiger partial charge is 0.217 e. The molecular formula is C14H24N4O2. The van der Waals surface area contributed by atoms with Crippen molar-refractivity contribution in [1.82, 2.24) is 5.32 Å². The minimum atomic E-state index is -0.392. The molecule has 0 radical (unpaired) electrons. The van der Waals surface area contributed by atoms with E-state index in [-0.39, 0.29) is 24.2 Å². The number of carbonyl (C=O) groups is 1. The summed E-state index contributed by atoms with van der Waals surface area (Å²) in [7, 11) is 0. The Kier molecular flexibility index (Phi) is 6.55. The molecule has 6 nitrogen and oxygen atoms in total. The second kappa shape index (κ2) is 7.92. The van der Waals surface area contributed by atoms with Crippen LogP contribution in [0.25, 0.3) is 10.4 Å². The number of hydrogen-bond acceptors (Lipinski definition) is 3. The van der Waals surface area contributed by atoms with Crippen LogP contribution < -0.4 is 5.32 Å². The second-order valence-electron chi connectivity index (χ2n) is 5.25. The average Bonchev–Trinajstić information content (AvgIpc) is 2.39. The maximum absolute atomic E-state index is 11.4. The van der Waals surface area contributed by atoms with E-state index in [1.807, 2.05) is 13.0 Å². The SMILES string of the molecule is CCC(CC)O[C@@H]1CC(C)=C[C@H](N=[N+]=[N-])[C@H]1NC(C)=O. The highest BCUT2D eigenvalue weighted by molar-refractivity contribution is 5.73. The van der Waals surface area contributed by atoms with E-state index in [1.165, 1.54) is 6.92 Å². The van der Waals surface area contributed by atoms with E-state index in [1.54, 1.807) is 0 Å². The molecule has 0 spiro atoms. The summed E-state index contributed by atoms with van der Waals surface area (Å²) >= 11 is 0. The van der Waals surface area contributed by atoms with Crippen molar-refractivity contribution in [2.75, 3.05) is 0 Å². The number of carbonyl (C=O) groups excluding carboxylic acids is 1. The molecule has 0 fully saturated rings. The molecule has 112 valence electrons. The van der Waals surface area contributed by atoms with E-state index < -0.39 is 6.04 Å². The summed E-state index contributed by atoms with van der Waals surface area (Å²) in [5.74, 6) is -0.140. The largest absolute Gasteiger partial charge is 0.373 e. The van der Waals surface area contributed by atoms with Gasteiger partial charge in [-0.25, -0.2) is 0 Å². The van der Waals surface area contributed by atoms with Crippen molar-refractivity contribution >= 4 is 5.91 Å². The third kappa shape index (κ3) is 4.54. The molecule has 1 N–H and O–H groups in total. The van der Waals surface area contributed by atoms with Gasteiger partial charge in [0.15, 0.2) is 0 Å². The summed E-state index contributed by atoms with van der Waals surface area (Å²) < 4.78 is 6.11. The van der Waals surface area contributed by atoms with Crippen LogP contribution in [0.15, 0.2) is 16.8 Å². The number of nitrogens with one attached hydrogen (secondary N) is 1. The van der Waals surface area contributed by atoms with Gasteiger partial charge in [0.05, 0.1) is 24.3 Å². The van der Waals surface area contributed by atoms with E-state index >= 15 is 0 Å². The number of amides is 1. The van der Waals surface area contributed by atoms with Crippen LogP contribution in [-0.2, 0) is 9.53 Å². The lowest BCUT2D eigenvalue weighted by molar-refractivity contribution is -0.122. The molecule has 0 heterocycles. The molecule has 20 heavy (non-hydrogen) atoms. The Bertz CT molecular complexity index is 411. The van der Waals surface area contributed by atoms with Gasteiger partial charge in [0.25, 0.3) is 0 Å². The predicted molar refractivity (Wildman–Crippen MR) is 78.2 cm³/mol. The number of azide groups is 1. The zero-order chi connectivity index (χ0) is 15.1. The van der Waals surface area contributed by atoms with Crippen LogP contribution in [0.1, 0.15) is 47.0 Å². The molecule has 0 bridgehead atoms. The fourth-order valence-electron chi connectivity index (χ4n) is 2.57. The van der Waals surface area contributed by atoms with E-state index in [0.29, 0.717) is 0 Å². The minimum Gasteiger partial charge on any atom is -0.373 e. The molecule has 0 unspecified atom stereocenters. The zero-order valence-corrected chi connectivity index (χ0v) is 12.7. The van der Waals surface area contributed by atoms with Crippen molar-refractivity contribution in [3.63, 3.8) is 0 Å². The molecule has 0 saturated carbocycles. The van der Waals surface area contributed by atoms with Gasteiger partial charge in [0, 0.05) is 11.8 Å². The topological polar surface area (TPSA) is 87.1 Å². The van der Waals surface area contributed by atoms with Gasteiger partial charge in [0.1, 0.15) is 0 Å². The number of hydrogen-bond donors (Lipinski definition) is 1. The molecule has 1 aliphatic rings. The molecule has 3 atom stereocenters. The highest BCUT2D eigenvalue weighted by atomic mass is 16.5. The normalized spacial score (nSPS) is 25.9. The van der Waals surface area contributed by atoms with Crippen molar-refractivity contribution in [1.29, 1.82) is 0 Å². The fraction of sp³-hybridized carbons (Fsp3) is 0.786. The molecule has 0 aromatic carbocycles. The van der Waals surface area contributed by atoms with Crippen molar-refractivity contribution in [2.24, 2.45) is 5.11 Å². The van der Waals surface area contributed by atoms with Gasteiger partial charge in [-0.3, -0.25) is 4.79 Å². The number of nitrogens with zero attached hydrogens (tertiary/aromatic N) is 3. The lowest BCUT2D eigenvalue weighted by Crippen LogP contribution is -2.52. The Labute approximate surface area is 120 Å². The quantitative estimate of drug-likeness (QED) is 0.351. The van der Waals surface area contributed by atoms with Crippen LogP contribution in [0, 0.1) is 0 Å². The Morgan fingerprint density at radius 1 is 1.60 bits per heavy atom. The average molecular weight is 280 g/mol. The zero-order valence-electron chi connectivity index (χ0n) is 12.7. The summed E-state index contributed by atoms with van der Waals surface area (Å²) in [4.78, 5) is 14.3. The highest BCUT2D eigenvalue weighted by Gasteiger charge is 2.34. The third-order valence-corrected chi connectivity index (χ3v) is 3.58. The van der Waals surface area contributed by atoms with E-state index in [2.05, 4.69) is 29.2 Å². The van der Waals surface area contributed by atoms with Crippen LogP contribution in [0.3, 0.4) is 0 Å². The number of rotatable bonds is 6. The molecule has 1 amide bonds. The van der Waals surface area contributed by atoms with Crippen LogP contribution in [0.4, 0.5) is 0 Å². The third-order valence-electron chi connectivity index (χ3n) is 3.58. The van der Waals surface area contributed by atoms with Crippen LogP contribution >= 0.6 is 0 Å². The monoisotopic (exact) mass is 280 g/mol. The minimum absolute atomic E-state index is 0.140. The molecule has 0 aromatic heterocycles. The summed E-state index contributed by atoms with van der Waals surface area (Å²) in [6.45, 7) is 7.62. The Morgan fingerprint density at radius 2 is 2.25 bits per heavy atom. The molecule has 0 aromatic rings. The van der Waals surface area contributed by atoms with Gasteiger partial charge in [-0.1, -0.05) is 30.6 Å². The summed E-state index contributed by atoms with van der Waals surface area (Å²) in [5.41, 5.74) is 9.82. The molecule has 1 aliphatic carbocycles. The maximum Gasteiger partial charge on any atom is 0.217 e. The van der Waals surface area contributed by atoms with Crippen molar-refractivity contribution < 1.29 is 9.53 Å². The number of ether oxygens (including phenoxy) is 1. The van der Waals surface area contributed by atoms with E-state index in [0.717, 1.165) is 24.8 Å². The first-order chi connectivity index (χ1) is 9.51. The van der Waals surface area contributed by atoms with Crippen LogP contribution in [0.2, 0.25) is 0 Å². The van der Waals surface area contributed by atoms with Gasteiger partial charge < -0.3 is 10.1 Å². The van der Waals surface area contributed by atoms with Crippen LogP contribution in [-0.4, -0.2) is 30.2 Å². The Morgan fingerprint density at radius 3 is 2.75 bits per heavy atom. The lowest BCUT2D eigenvalue weighted by atomic mass is 9.89. The van der Waals surface area contributed by atoms with Crippen molar-refractivity contribution in [2.45, 2.75) is 71.2 Å². The van der Waals surface area contributed by atoms with Gasteiger partial charge >= 0.3 is 0 Å². The molecular weight excluding hydrogens is 256 g/mol. The molecule has 1 rings (SSSR count). The summed E-state index contributed by atoms with van der Waals surface area (Å²) in [6, 6.07) is -0.690. The van der Waals surface area contributed by atoms with E-state index in [4.69, 9.17) is 10.3 Å². The van der Waals surface area contributed by atoms with Crippen molar-refractivity contribution in [3.05, 3.63) is 22.1 Å². The lowest BCUT2D eigenvalue weighted by Gasteiger charge is -2.36. The fourth-order valence-corrected chi connectivity index (χ4v) is 2.57. The summed E-state index contributed by atoms with van der Waals surface area (Å²) in [5, 5.41) is 6.65. The second-order valence-corrected chi connectivity index (χ2v) is 5.25. The maximum atomic E-state index is 11.4. The van der Waals surface area contributed by atoms with Gasteiger partial charge in [0.2, 0.25) is 5.91 Å². The molecule has 0 aliphatic heterocycles. The summed E-state index contributed by atoms with van der Waals surface area (Å²) in [6.07, 6.45) is 4.52. The van der Waals surface area contributed by atoms with Gasteiger partial charge in [-0.15, -0.1) is 0 Å². The van der Waals surface area contributed by atoms with Crippen LogP contribution in [0.5, 0.6) is 0 Å². The predicted octanol–water partition coefficient (Wildman–Crippen LogP) is 3.09. The van der Waals surface area contributed by atoms with Crippen molar-refractivity contribution in [3.8, 4) is 0 Å². The van der Waals surface area contributed by atoms with Gasteiger partial charge in [-0.05, 0) is 31.7 Å².